The summed E-state index contributed by atoms with van der Waals surface area (Å²) in [6, 6.07) is 13.3. The molecule has 0 spiro atoms. The molecule has 0 saturated carbocycles. The van der Waals surface area contributed by atoms with Crippen LogP contribution in [-0.4, -0.2) is 33.9 Å². The lowest BCUT2D eigenvalue weighted by Gasteiger charge is -2.13. The van der Waals surface area contributed by atoms with E-state index in [4.69, 9.17) is 0 Å². The minimum Gasteiger partial charge on any atom is -0.324 e. The number of para-hydroxylation sites is 1. The quantitative estimate of drug-likeness (QED) is 0.338. The molecule has 0 radical (unpaired) electrons. The van der Waals surface area contributed by atoms with Crippen molar-refractivity contribution in [3.63, 3.8) is 0 Å². The first-order valence-corrected chi connectivity index (χ1v) is 11.9. The smallest absolute Gasteiger partial charge is 0.324 e. The number of nitrogens with zero attached hydrogens (tertiary/aromatic N) is 2. The Bertz CT molecular complexity index is 1380. The number of aryl methyl sites for hydroxylation is 2. The van der Waals surface area contributed by atoms with E-state index in [0.29, 0.717) is 27.1 Å². The van der Waals surface area contributed by atoms with Gasteiger partial charge in [0.15, 0.2) is 0 Å². The topological polar surface area (TPSA) is 83.4 Å². The predicted molar refractivity (Wildman–Crippen MR) is 136 cm³/mol. The Kier molecular flexibility index (Phi) is 6.88. The number of urea groups is 1. The van der Waals surface area contributed by atoms with E-state index in [9.17, 15) is 18.8 Å². The van der Waals surface area contributed by atoms with Crippen molar-refractivity contribution in [3.05, 3.63) is 87.0 Å². The van der Waals surface area contributed by atoms with Gasteiger partial charge in [0, 0.05) is 21.5 Å². The van der Waals surface area contributed by atoms with Crippen molar-refractivity contribution in [1.82, 2.24) is 14.8 Å². The molecule has 2 aromatic carbocycles. The molecule has 7 nitrogen and oxygen atoms in total. The number of carbonyl (C=O) groups is 3. The Morgan fingerprint density at radius 3 is 2.60 bits per heavy atom. The van der Waals surface area contributed by atoms with Crippen LogP contribution in [0.5, 0.6) is 0 Å². The highest BCUT2D eigenvalue weighted by Crippen LogP contribution is 2.27. The predicted octanol–water partition coefficient (Wildman–Crippen LogP) is 5.09. The van der Waals surface area contributed by atoms with Crippen molar-refractivity contribution in [3.8, 4) is 5.69 Å². The van der Waals surface area contributed by atoms with Crippen molar-refractivity contribution >= 4 is 45.5 Å². The number of imide groups is 1. The Labute approximate surface area is 210 Å². The molecule has 0 unspecified atom stereocenters. The number of nitrogens with one attached hydrogen (secondary N) is 2. The van der Waals surface area contributed by atoms with Gasteiger partial charge in [-0.15, -0.1) is 0 Å². The third-order valence-corrected chi connectivity index (χ3v) is 6.35. The van der Waals surface area contributed by atoms with E-state index in [-0.39, 0.29) is 5.70 Å². The highest BCUT2D eigenvalue weighted by molar-refractivity contribution is 9.10. The van der Waals surface area contributed by atoms with Crippen LogP contribution in [0.15, 0.2) is 58.7 Å². The number of hydrogen-bond acceptors (Lipinski definition) is 3. The molecule has 2 N–H and O–H groups in total. The van der Waals surface area contributed by atoms with Crippen LogP contribution in [0.1, 0.15) is 29.4 Å². The number of amides is 4. The van der Waals surface area contributed by atoms with Crippen molar-refractivity contribution in [2.24, 2.45) is 0 Å². The van der Waals surface area contributed by atoms with Crippen LogP contribution < -0.4 is 10.6 Å². The van der Waals surface area contributed by atoms with Gasteiger partial charge < -0.3 is 15.2 Å². The fourth-order valence-electron chi connectivity index (χ4n) is 4.12. The Balaban J connectivity index is 1.55. The van der Waals surface area contributed by atoms with Crippen LogP contribution in [0.3, 0.4) is 0 Å². The van der Waals surface area contributed by atoms with Gasteiger partial charge in [0.2, 0.25) is 5.91 Å². The molecule has 4 rings (SSSR count). The van der Waals surface area contributed by atoms with E-state index in [2.05, 4.69) is 26.6 Å². The van der Waals surface area contributed by atoms with Gasteiger partial charge in [0.25, 0.3) is 5.91 Å². The summed E-state index contributed by atoms with van der Waals surface area (Å²) in [6.45, 7) is 5.19. The van der Waals surface area contributed by atoms with Crippen LogP contribution in [0.4, 0.5) is 14.9 Å². The van der Waals surface area contributed by atoms with E-state index >= 15 is 0 Å². The van der Waals surface area contributed by atoms with Gasteiger partial charge >= 0.3 is 6.03 Å². The molecule has 0 bridgehead atoms. The Morgan fingerprint density at radius 1 is 1.14 bits per heavy atom. The van der Waals surface area contributed by atoms with Gasteiger partial charge in [0.05, 0.1) is 5.69 Å². The molecule has 3 aromatic rings. The zero-order valence-electron chi connectivity index (χ0n) is 19.5. The first-order chi connectivity index (χ1) is 16.7. The number of aromatic nitrogens is 1. The van der Waals surface area contributed by atoms with E-state index in [1.54, 1.807) is 47.9 Å². The molecule has 1 saturated heterocycles. The number of benzene rings is 2. The van der Waals surface area contributed by atoms with Gasteiger partial charge in [-0.2, -0.15) is 0 Å². The third-order valence-electron chi connectivity index (χ3n) is 5.86. The fraction of sp³-hybridized carbons (Fsp3) is 0.192. The highest BCUT2D eigenvalue weighted by atomic mass is 79.9. The molecule has 4 amide bonds. The molecule has 2 heterocycles. The van der Waals surface area contributed by atoms with Crippen LogP contribution in [0, 0.1) is 19.7 Å². The second-order valence-electron chi connectivity index (χ2n) is 8.20. The van der Waals surface area contributed by atoms with Crippen LogP contribution in [0.2, 0.25) is 0 Å². The van der Waals surface area contributed by atoms with E-state index < -0.39 is 30.2 Å². The molecular weight excluding hydrogens is 515 g/mol. The number of rotatable bonds is 6. The summed E-state index contributed by atoms with van der Waals surface area (Å²) in [6.07, 6.45) is 2.27. The van der Waals surface area contributed by atoms with Crippen LogP contribution >= 0.6 is 15.9 Å². The molecule has 35 heavy (non-hydrogen) atoms. The van der Waals surface area contributed by atoms with Crippen molar-refractivity contribution in [1.29, 1.82) is 0 Å². The Morgan fingerprint density at radius 2 is 1.89 bits per heavy atom. The average Bonchev–Trinajstić information content (AvgIpc) is 3.23. The number of carbonyl (C=O) groups excluding carboxylic acids is 3. The van der Waals surface area contributed by atoms with Gasteiger partial charge in [-0.05, 0) is 67.8 Å². The summed E-state index contributed by atoms with van der Waals surface area (Å²) in [5.41, 5.74) is 4.14. The molecule has 0 aliphatic carbocycles. The average molecular weight is 539 g/mol. The number of hydrogen-bond donors (Lipinski definition) is 2. The molecule has 1 aliphatic rings. The third kappa shape index (κ3) is 4.90. The second-order valence-corrected chi connectivity index (χ2v) is 9.11. The summed E-state index contributed by atoms with van der Waals surface area (Å²) in [5, 5.41) is 5.30. The van der Waals surface area contributed by atoms with Gasteiger partial charge in [0.1, 0.15) is 18.1 Å². The van der Waals surface area contributed by atoms with Crippen molar-refractivity contribution in [2.45, 2.75) is 27.2 Å². The maximum absolute atomic E-state index is 14.6. The summed E-state index contributed by atoms with van der Waals surface area (Å²) >= 11 is 3.26. The minimum absolute atomic E-state index is 0.0493. The van der Waals surface area contributed by atoms with E-state index in [1.807, 2.05) is 26.0 Å². The van der Waals surface area contributed by atoms with E-state index in [0.717, 1.165) is 22.6 Å². The number of anilines is 1. The minimum atomic E-state index is -0.673. The summed E-state index contributed by atoms with van der Waals surface area (Å²) in [4.78, 5) is 38.8. The van der Waals surface area contributed by atoms with Crippen LogP contribution in [0.25, 0.3) is 11.8 Å². The molecule has 1 aromatic heterocycles. The zero-order valence-corrected chi connectivity index (χ0v) is 21.1. The standard InChI is InChI=1S/C26H24BrFN4O3/c1-4-17-7-5-6-8-21(17)29-24(33)14-31-25(34)22(30-26(31)35)12-18-11-15(2)32(16(18)3)23-10-9-19(27)13-20(23)28/h5-13H,4,14H2,1-3H3,(H,29,33)(H,30,35)/b22-12+. The maximum atomic E-state index is 14.6. The summed E-state index contributed by atoms with van der Waals surface area (Å²) < 4.78 is 16.9. The molecular formula is C26H24BrFN4O3. The summed E-state index contributed by atoms with van der Waals surface area (Å²) in [7, 11) is 0. The van der Waals surface area contributed by atoms with Gasteiger partial charge in [-0.1, -0.05) is 41.1 Å². The lowest BCUT2D eigenvalue weighted by molar-refractivity contribution is -0.127. The first kappa shape index (κ1) is 24.4. The fourth-order valence-corrected chi connectivity index (χ4v) is 4.45. The first-order valence-electron chi connectivity index (χ1n) is 11.1. The second kappa shape index (κ2) is 9.87. The van der Waals surface area contributed by atoms with E-state index in [1.165, 1.54) is 6.07 Å². The lowest BCUT2D eigenvalue weighted by atomic mass is 10.1. The molecule has 1 aliphatic heterocycles. The summed E-state index contributed by atoms with van der Waals surface area (Å²) in [5.74, 6) is -1.47. The molecule has 0 atom stereocenters. The molecule has 9 heteroatoms. The number of halogens is 2. The van der Waals surface area contributed by atoms with Crippen molar-refractivity contribution in [2.75, 3.05) is 11.9 Å². The largest absolute Gasteiger partial charge is 0.329 e. The zero-order chi connectivity index (χ0) is 25.3. The highest BCUT2D eigenvalue weighted by Gasteiger charge is 2.35. The van der Waals surface area contributed by atoms with Crippen molar-refractivity contribution < 1.29 is 18.8 Å². The van der Waals surface area contributed by atoms with Crippen LogP contribution in [-0.2, 0) is 16.0 Å². The lowest BCUT2D eigenvalue weighted by Crippen LogP contribution is -2.38. The van der Waals surface area contributed by atoms with Gasteiger partial charge in [-0.25, -0.2) is 14.1 Å². The molecule has 1 fully saturated rings. The normalized spacial score (nSPS) is 14.5. The Hall–Kier alpha value is -3.72. The maximum Gasteiger partial charge on any atom is 0.329 e. The molecule has 180 valence electrons. The van der Waals surface area contributed by atoms with Gasteiger partial charge in [-0.3, -0.25) is 9.59 Å². The SMILES string of the molecule is CCc1ccccc1NC(=O)CN1C(=O)N/C(=C/c2cc(C)n(-c3ccc(Br)cc3F)c2C)C1=O. The monoisotopic (exact) mass is 538 g/mol.